The molecule has 1 aromatic heterocycles. The lowest BCUT2D eigenvalue weighted by Crippen LogP contribution is -2.25. The van der Waals surface area contributed by atoms with E-state index in [-0.39, 0.29) is 11.5 Å². The van der Waals surface area contributed by atoms with E-state index in [0.717, 1.165) is 29.3 Å². The molecule has 1 heterocycles. The van der Waals surface area contributed by atoms with Gasteiger partial charge in [0.25, 0.3) is 5.91 Å². The summed E-state index contributed by atoms with van der Waals surface area (Å²) in [7, 11) is 0. The molecule has 0 unspecified atom stereocenters. The predicted molar refractivity (Wildman–Crippen MR) is 79.8 cm³/mol. The van der Waals surface area contributed by atoms with Crippen molar-refractivity contribution in [3.8, 4) is 6.07 Å². The van der Waals surface area contributed by atoms with Gasteiger partial charge >= 0.3 is 0 Å². The van der Waals surface area contributed by atoms with Crippen molar-refractivity contribution in [2.45, 2.75) is 19.8 Å². The third kappa shape index (κ3) is 3.07. The Labute approximate surface area is 118 Å². The Morgan fingerprint density at radius 3 is 3.00 bits per heavy atom. The highest BCUT2D eigenvalue weighted by Crippen LogP contribution is 2.20. The second-order valence-electron chi connectivity index (χ2n) is 4.57. The molecule has 102 valence electrons. The Morgan fingerprint density at radius 2 is 2.25 bits per heavy atom. The smallest absolute Gasteiger partial charge is 0.261 e. The monoisotopic (exact) mass is 267 g/mol. The Morgan fingerprint density at radius 1 is 1.45 bits per heavy atom. The summed E-state index contributed by atoms with van der Waals surface area (Å²) in [5.74, 6) is -0.314. The molecule has 2 rings (SSSR count). The van der Waals surface area contributed by atoms with Gasteiger partial charge < -0.3 is 10.3 Å². The van der Waals surface area contributed by atoms with Gasteiger partial charge in [0.1, 0.15) is 11.6 Å². The topological polar surface area (TPSA) is 68.7 Å². The van der Waals surface area contributed by atoms with Crippen molar-refractivity contribution in [2.24, 2.45) is 0 Å². The van der Waals surface area contributed by atoms with Crippen molar-refractivity contribution in [2.75, 3.05) is 6.54 Å². The van der Waals surface area contributed by atoms with Crippen molar-refractivity contribution in [1.82, 2.24) is 10.3 Å². The number of hydrogen-bond acceptors (Lipinski definition) is 2. The van der Waals surface area contributed by atoms with Crippen LogP contribution in [-0.2, 0) is 4.79 Å². The SMILES string of the molecule is CCCCNC(=O)/C(C#N)=C\c1c[nH]c2ccccc12. The molecule has 0 atom stereocenters. The van der Waals surface area contributed by atoms with Crippen molar-refractivity contribution in [3.63, 3.8) is 0 Å². The van der Waals surface area contributed by atoms with Crippen molar-refractivity contribution < 1.29 is 4.79 Å². The Balaban J connectivity index is 2.23. The highest BCUT2D eigenvalue weighted by molar-refractivity contribution is 6.03. The van der Waals surface area contributed by atoms with E-state index < -0.39 is 0 Å². The fraction of sp³-hybridized carbons (Fsp3) is 0.250. The molecule has 0 spiro atoms. The summed E-state index contributed by atoms with van der Waals surface area (Å²) in [6.45, 7) is 2.65. The van der Waals surface area contributed by atoms with Crippen LogP contribution in [0.1, 0.15) is 25.3 Å². The molecular formula is C16H17N3O. The number of carbonyl (C=O) groups is 1. The number of aromatic nitrogens is 1. The number of benzene rings is 1. The van der Waals surface area contributed by atoms with Crippen molar-refractivity contribution >= 4 is 22.9 Å². The average molecular weight is 267 g/mol. The number of nitrogens with one attached hydrogen (secondary N) is 2. The normalized spacial score (nSPS) is 11.3. The molecule has 0 saturated carbocycles. The van der Waals surface area contributed by atoms with Crippen LogP contribution >= 0.6 is 0 Å². The summed E-state index contributed by atoms with van der Waals surface area (Å²) >= 11 is 0. The molecule has 0 aliphatic heterocycles. The maximum Gasteiger partial charge on any atom is 0.261 e. The fourth-order valence-corrected chi connectivity index (χ4v) is 1.99. The lowest BCUT2D eigenvalue weighted by molar-refractivity contribution is -0.117. The standard InChI is InChI=1S/C16H17N3O/c1-2-3-8-18-16(20)12(10-17)9-13-11-19-15-7-5-4-6-14(13)15/h4-7,9,11,19H,2-3,8H2,1H3,(H,18,20)/b12-9-. The molecule has 2 N–H and O–H groups in total. The number of para-hydroxylation sites is 1. The molecule has 0 aliphatic rings. The number of nitriles is 1. The summed E-state index contributed by atoms with van der Waals surface area (Å²) in [5.41, 5.74) is 1.97. The molecule has 0 saturated heterocycles. The summed E-state index contributed by atoms with van der Waals surface area (Å²) in [5, 5.41) is 12.9. The number of H-pyrrole nitrogens is 1. The molecule has 4 nitrogen and oxygen atoms in total. The first-order valence-electron chi connectivity index (χ1n) is 6.72. The van der Waals surface area contributed by atoms with Gasteiger partial charge in [0, 0.05) is 29.2 Å². The minimum atomic E-state index is -0.314. The second kappa shape index (κ2) is 6.58. The molecule has 0 aliphatic carbocycles. The minimum absolute atomic E-state index is 0.130. The molecule has 0 fully saturated rings. The van der Waals surface area contributed by atoms with E-state index in [1.165, 1.54) is 0 Å². The minimum Gasteiger partial charge on any atom is -0.361 e. The van der Waals surface area contributed by atoms with E-state index in [2.05, 4.69) is 17.2 Å². The molecule has 1 aromatic carbocycles. The number of aromatic amines is 1. The zero-order chi connectivity index (χ0) is 14.4. The maximum absolute atomic E-state index is 11.9. The van der Waals surface area contributed by atoms with E-state index in [1.807, 2.05) is 30.3 Å². The predicted octanol–water partition coefficient (Wildman–Crippen LogP) is 2.99. The Bertz CT molecular complexity index is 676. The van der Waals surface area contributed by atoms with Crippen LogP contribution in [0.4, 0.5) is 0 Å². The summed E-state index contributed by atoms with van der Waals surface area (Å²) in [4.78, 5) is 15.0. The van der Waals surface area contributed by atoms with Crippen LogP contribution in [0, 0.1) is 11.3 Å². The van der Waals surface area contributed by atoms with Gasteiger partial charge in [-0.2, -0.15) is 5.26 Å². The van der Waals surface area contributed by atoms with Crippen LogP contribution in [-0.4, -0.2) is 17.4 Å². The molecular weight excluding hydrogens is 250 g/mol. The summed E-state index contributed by atoms with van der Waals surface area (Å²) in [6, 6.07) is 9.76. The largest absolute Gasteiger partial charge is 0.361 e. The van der Waals surface area contributed by atoms with E-state index in [9.17, 15) is 4.79 Å². The second-order valence-corrected chi connectivity index (χ2v) is 4.57. The number of hydrogen-bond donors (Lipinski definition) is 2. The van der Waals surface area contributed by atoms with Gasteiger partial charge in [0.2, 0.25) is 0 Å². The van der Waals surface area contributed by atoms with Gasteiger partial charge in [0.15, 0.2) is 0 Å². The highest BCUT2D eigenvalue weighted by atomic mass is 16.1. The van der Waals surface area contributed by atoms with Gasteiger partial charge in [0.05, 0.1) is 0 Å². The fourth-order valence-electron chi connectivity index (χ4n) is 1.99. The van der Waals surface area contributed by atoms with Gasteiger partial charge in [-0.3, -0.25) is 4.79 Å². The van der Waals surface area contributed by atoms with E-state index in [0.29, 0.717) is 6.54 Å². The summed E-state index contributed by atoms with van der Waals surface area (Å²) < 4.78 is 0. The first-order valence-corrected chi connectivity index (χ1v) is 6.72. The van der Waals surface area contributed by atoms with E-state index >= 15 is 0 Å². The zero-order valence-corrected chi connectivity index (χ0v) is 11.4. The van der Waals surface area contributed by atoms with Crippen LogP contribution in [0.3, 0.4) is 0 Å². The Hall–Kier alpha value is -2.54. The molecule has 2 aromatic rings. The molecule has 0 radical (unpaired) electrons. The quantitative estimate of drug-likeness (QED) is 0.496. The van der Waals surface area contributed by atoms with Crippen molar-refractivity contribution in [3.05, 3.63) is 41.6 Å². The zero-order valence-electron chi connectivity index (χ0n) is 11.4. The number of amides is 1. The van der Waals surface area contributed by atoms with E-state index in [4.69, 9.17) is 5.26 Å². The lowest BCUT2D eigenvalue weighted by atomic mass is 10.1. The number of unbranched alkanes of at least 4 members (excludes halogenated alkanes) is 1. The van der Waals surface area contributed by atoms with Crippen LogP contribution in [0.5, 0.6) is 0 Å². The molecule has 1 amide bonds. The van der Waals surface area contributed by atoms with Gasteiger partial charge in [-0.15, -0.1) is 0 Å². The molecule has 0 bridgehead atoms. The van der Waals surface area contributed by atoms with Crippen LogP contribution in [0.2, 0.25) is 0 Å². The number of rotatable bonds is 5. The number of carbonyl (C=O) groups excluding carboxylic acids is 1. The average Bonchev–Trinajstić information content (AvgIpc) is 2.88. The summed E-state index contributed by atoms with van der Waals surface area (Å²) in [6.07, 6.45) is 5.35. The van der Waals surface area contributed by atoms with Crippen LogP contribution in [0.25, 0.3) is 17.0 Å². The first kappa shape index (κ1) is 13.9. The maximum atomic E-state index is 11.9. The molecule has 20 heavy (non-hydrogen) atoms. The van der Waals surface area contributed by atoms with Crippen LogP contribution < -0.4 is 5.32 Å². The van der Waals surface area contributed by atoms with Crippen LogP contribution in [0.15, 0.2) is 36.0 Å². The van der Waals surface area contributed by atoms with Crippen molar-refractivity contribution in [1.29, 1.82) is 5.26 Å². The number of fused-ring (bicyclic) bond motifs is 1. The first-order chi connectivity index (χ1) is 9.76. The van der Waals surface area contributed by atoms with E-state index in [1.54, 1.807) is 12.3 Å². The third-order valence-electron chi connectivity index (χ3n) is 3.10. The number of nitrogens with zero attached hydrogens (tertiary/aromatic N) is 1. The van der Waals surface area contributed by atoms with Gasteiger partial charge in [-0.05, 0) is 18.6 Å². The van der Waals surface area contributed by atoms with Gasteiger partial charge in [-0.25, -0.2) is 0 Å². The lowest BCUT2D eigenvalue weighted by Gasteiger charge is -2.02. The third-order valence-corrected chi connectivity index (χ3v) is 3.10. The Kier molecular flexibility index (Phi) is 4.56. The molecule has 4 heteroatoms. The highest BCUT2D eigenvalue weighted by Gasteiger charge is 2.09. The van der Waals surface area contributed by atoms with Gasteiger partial charge in [-0.1, -0.05) is 31.5 Å².